The fourth-order valence-electron chi connectivity index (χ4n) is 2.69. The fourth-order valence-corrected chi connectivity index (χ4v) is 2.69. The Labute approximate surface area is 78.5 Å². The van der Waals surface area contributed by atoms with Crippen LogP contribution in [0.4, 0.5) is 0 Å². The number of hydrogen-bond donors (Lipinski definition) is 0. The molecule has 2 atom stereocenters. The number of allylic oxidation sites excluding steroid dienone is 2. The minimum absolute atomic E-state index is 0.723. The first-order valence-electron chi connectivity index (χ1n) is 5.02. The van der Waals surface area contributed by atoms with Crippen LogP contribution in [-0.2, 0) is 0 Å². The summed E-state index contributed by atoms with van der Waals surface area (Å²) in [6.07, 6.45) is 8.22. The summed E-state index contributed by atoms with van der Waals surface area (Å²) >= 11 is 0. The van der Waals surface area contributed by atoms with Crippen molar-refractivity contribution < 1.29 is 0 Å². The fraction of sp³-hybridized carbons (Fsp3) is 0.417. The molecular formula is C12H13N. The van der Waals surface area contributed by atoms with Crippen LogP contribution in [0, 0.1) is 5.92 Å². The van der Waals surface area contributed by atoms with Crippen molar-refractivity contribution in [3.8, 4) is 0 Å². The Morgan fingerprint density at radius 2 is 2.23 bits per heavy atom. The van der Waals surface area contributed by atoms with Gasteiger partial charge in [0.15, 0.2) is 0 Å². The molecule has 1 heterocycles. The molecule has 1 saturated carbocycles. The van der Waals surface area contributed by atoms with Crippen molar-refractivity contribution in [2.24, 2.45) is 5.92 Å². The molecular weight excluding hydrogens is 158 g/mol. The summed E-state index contributed by atoms with van der Waals surface area (Å²) in [6, 6.07) is 6.27. The molecule has 1 aromatic rings. The molecule has 1 nitrogen and oxygen atoms in total. The molecule has 0 spiro atoms. The summed E-state index contributed by atoms with van der Waals surface area (Å²) in [6.45, 7) is 0. The van der Waals surface area contributed by atoms with E-state index in [1.807, 2.05) is 12.3 Å². The zero-order valence-electron chi connectivity index (χ0n) is 7.61. The lowest BCUT2D eigenvalue weighted by Crippen LogP contribution is -2.07. The van der Waals surface area contributed by atoms with Gasteiger partial charge >= 0.3 is 0 Å². The highest BCUT2D eigenvalue weighted by Crippen LogP contribution is 2.48. The summed E-state index contributed by atoms with van der Waals surface area (Å²) in [5.74, 6) is 1.59. The van der Waals surface area contributed by atoms with Crippen LogP contribution in [-0.4, -0.2) is 4.98 Å². The van der Waals surface area contributed by atoms with Gasteiger partial charge in [0.05, 0.1) is 0 Å². The normalized spacial score (nSPS) is 30.6. The molecule has 0 aliphatic heterocycles. The van der Waals surface area contributed by atoms with E-state index in [2.05, 4.69) is 23.2 Å². The lowest BCUT2D eigenvalue weighted by atomic mass is 9.89. The predicted octanol–water partition coefficient (Wildman–Crippen LogP) is 2.91. The lowest BCUT2D eigenvalue weighted by molar-refractivity contribution is 0.486. The van der Waals surface area contributed by atoms with E-state index < -0.39 is 0 Å². The van der Waals surface area contributed by atoms with Gasteiger partial charge in [0.25, 0.3) is 0 Å². The molecule has 0 radical (unpaired) electrons. The van der Waals surface area contributed by atoms with Crippen LogP contribution >= 0.6 is 0 Å². The predicted molar refractivity (Wildman–Crippen MR) is 52.4 cm³/mol. The van der Waals surface area contributed by atoms with Crippen molar-refractivity contribution in [2.75, 3.05) is 0 Å². The topological polar surface area (TPSA) is 12.9 Å². The summed E-state index contributed by atoms with van der Waals surface area (Å²) in [4.78, 5) is 4.45. The average Bonchev–Trinajstić information content (AvgIpc) is 2.80. The first kappa shape index (κ1) is 7.31. The van der Waals surface area contributed by atoms with Crippen molar-refractivity contribution in [1.82, 2.24) is 4.98 Å². The van der Waals surface area contributed by atoms with E-state index in [0.29, 0.717) is 0 Å². The summed E-state index contributed by atoms with van der Waals surface area (Å²) in [5, 5.41) is 0. The molecule has 2 aliphatic carbocycles. The summed E-state index contributed by atoms with van der Waals surface area (Å²) in [7, 11) is 0. The zero-order valence-corrected chi connectivity index (χ0v) is 7.61. The average molecular weight is 171 g/mol. The van der Waals surface area contributed by atoms with Gasteiger partial charge in [-0.05, 0) is 37.3 Å². The van der Waals surface area contributed by atoms with E-state index in [9.17, 15) is 0 Å². The van der Waals surface area contributed by atoms with Crippen LogP contribution in [0.5, 0.6) is 0 Å². The SMILES string of the molecule is C1=C2CC(C1)C(c1ccccn1)C2. The molecule has 2 bridgehead atoms. The van der Waals surface area contributed by atoms with Crippen molar-refractivity contribution in [3.63, 3.8) is 0 Å². The van der Waals surface area contributed by atoms with Gasteiger partial charge in [-0.3, -0.25) is 4.98 Å². The molecule has 2 unspecified atom stereocenters. The first-order chi connectivity index (χ1) is 6.43. The molecule has 3 rings (SSSR count). The molecule has 0 aromatic carbocycles. The van der Waals surface area contributed by atoms with Gasteiger partial charge in [-0.1, -0.05) is 17.7 Å². The Bertz CT molecular complexity index is 339. The molecule has 0 saturated heterocycles. The van der Waals surface area contributed by atoms with Crippen molar-refractivity contribution >= 4 is 0 Å². The molecule has 2 aliphatic rings. The summed E-state index contributed by atoms with van der Waals surface area (Å²) in [5.41, 5.74) is 2.97. The number of aromatic nitrogens is 1. The second-order valence-corrected chi connectivity index (χ2v) is 4.13. The van der Waals surface area contributed by atoms with E-state index in [0.717, 1.165) is 11.8 Å². The lowest BCUT2D eigenvalue weighted by Gasteiger charge is -2.17. The molecule has 1 heteroatoms. The minimum Gasteiger partial charge on any atom is -0.261 e. The monoisotopic (exact) mass is 171 g/mol. The van der Waals surface area contributed by atoms with Gasteiger partial charge in [0.2, 0.25) is 0 Å². The number of pyridine rings is 1. The highest BCUT2D eigenvalue weighted by molar-refractivity contribution is 5.26. The highest BCUT2D eigenvalue weighted by Gasteiger charge is 2.35. The standard InChI is InChI=1S/C12H13N/c1-2-6-13-12(3-1)11-8-9-4-5-10(11)7-9/h1-4,6,10-11H,5,7-8H2. The van der Waals surface area contributed by atoms with Gasteiger partial charge in [0.1, 0.15) is 0 Å². The van der Waals surface area contributed by atoms with E-state index in [-0.39, 0.29) is 0 Å². The Kier molecular flexibility index (Phi) is 1.51. The maximum Gasteiger partial charge on any atom is 0.0440 e. The van der Waals surface area contributed by atoms with Gasteiger partial charge in [-0.25, -0.2) is 0 Å². The van der Waals surface area contributed by atoms with Crippen LogP contribution in [0.2, 0.25) is 0 Å². The Balaban J connectivity index is 1.92. The molecule has 0 N–H and O–H groups in total. The van der Waals surface area contributed by atoms with Crippen LogP contribution in [0.1, 0.15) is 30.9 Å². The second-order valence-electron chi connectivity index (χ2n) is 4.13. The second kappa shape index (κ2) is 2.69. The number of rotatable bonds is 1. The maximum absolute atomic E-state index is 4.45. The number of nitrogens with zero attached hydrogens (tertiary/aromatic N) is 1. The maximum atomic E-state index is 4.45. The van der Waals surface area contributed by atoms with Crippen molar-refractivity contribution in [1.29, 1.82) is 0 Å². The van der Waals surface area contributed by atoms with Crippen molar-refractivity contribution in [3.05, 3.63) is 41.7 Å². The Morgan fingerprint density at radius 3 is 2.85 bits per heavy atom. The van der Waals surface area contributed by atoms with E-state index in [1.165, 1.54) is 25.0 Å². The van der Waals surface area contributed by atoms with Gasteiger partial charge in [0, 0.05) is 17.8 Å². The largest absolute Gasteiger partial charge is 0.261 e. The third-order valence-electron chi connectivity index (χ3n) is 3.35. The van der Waals surface area contributed by atoms with Crippen molar-refractivity contribution in [2.45, 2.75) is 25.2 Å². The van der Waals surface area contributed by atoms with Crippen LogP contribution < -0.4 is 0 Å². The van der Waals surface area contributed by atoms with Gasteiger partial charge < -0.3 is 0 Å². The van der Waals surface area contributed by atoms with Gasteiger partial charge in [-0.15, -0.1) is 0 Å². The third kappa shape index (κ3) is 1.11. The molecule has 66 valence electrons. The van der Waals surface area contributed by atoms with Crippen LogP contribution in [0.25, 0.3) is 0 Å². The summed E-state index contributed by atoms with van der Waals surface area (Å²) < 4.78 is 0. The Hall–Kier alpha value is -1.11. The third-order valence-corrected chi connectivity index (χ3v) is 3.35. The molecule has 1 fully saturated rings. The van der Waals surface area contributed by atoms with E-state index in [1.54, 1.807) is 5.57 Å². The smallest absolute Gasteiger partial charge is 0.0440 e. The van der Waals surface area contributed by atoms with Crippen LogP contribution in [0.15, 0.2) is 36.0 Å². The molecule has 0 amide bonds. The molecule has 13 heavy (non-hydrogen) atoms. The zero-order chi connectivity index (χ0) is 8.67. The van der Waals surface area contributed by atoms with Gasteiger partial charge in [-0.2, -0.15) is 0 Å². The van der Waals surface area contributed by atoms with E-state index >= 15 is 0 Å². The number of hydrogen-bond acceptors (Lipinski definition) is 1. The molecule has 1 aromatic heterocycles. The quantitative estimate of drug-likeness (QED) is 0.592. The highest BCUT2D eigenvalue weighted by atomic mass is 14.7. The van der Waals surface area contributed by atoms with E-state index in [4.69, 9.17) is 0 Å². The Morgan fingerprint density at radius 1 is 1.23 bits per heavy atom. The first-order valence-corrected chi connectivity index (χ1v) is 5.02. The number of fused-ring (bicyclic) bond motifs is 2. The van der Waals surface area contributed by atoms with Crippen LogP contribution in [0.3, 0.4) is 0 Å². The minimum atomic E-state index is 0.723.